The molecule has 5 N–H and O–H groups in total. The molecule has 0 aliphatic carbocycles. The van der Waals surface area contributed by atoms with Crippen molar-refractivity contribution in [3.8, 4) is 17.2 Å². The lowest BCUT2D eigenvalue weighted by Crippen LogP contribution is -2.53. The zero-order chi connectivity index (χ0) is 18.6. The lowest BCUT2D eigenvalue weighted by Gasteiger charge is -2.36. The van der Waals surface area contributed by atoms with Crippen molar-refractivity contribution in [1.29, 1.82) is 0 Å². The van der Waals surface area contributed by atoms with Crippen LogP contribution in [0.5, 0.6) is 17.2 Å². The highest BCUT2D eigenvalue weighted by molar-refractivity contribution is 5.54. The molecule has 25 heavy (non-hydrogen) atoms. The predicted octanol–water partition coefficient (Wildman–Crippen LogP) is -0.657. The smallest absolute Gasteiger partial charge is 0.318 e. The van der Waals surface area contributed by atoms with Crippen LogP contribution in [0.4, 0.5) is 0 Å². The number of hydrogen-bond acceptors (Lipinski definition) is 9. The Morgan fingerprint density at radius 1 is 1.16 bits per heavy atom. The number of aliphatic hydroxyl groups is 3. The van der Waals surface area contributed by atoms with Crippen LogP contribution in [-0.4, -0.2) is 67.2 Å². The maximum atomic E-state index is 9.70. The first-order chi connectivity index (χ1) is 11.9. The Morgan fingerprint density at radius 2 is 1.76 bits per heavy atom. The molecule has 142 valence electrons. The third-order valence-corrected chi connectivity index (χ3v) is 3.68. The first kappa shape index (κ1) is 19.7. The van der Waals surface area contributed by atoms with Crippen LogP contribution in [0.3, 0.4) is 0 Å². The number of hydrogen-bond donors (Lipinski definition) is 4. The summed E-state index contributed by atoms with van der Waals surface area (Å²) < 4.78 is 26.6. The van der Waals surface area contributed by atoms with Crippen LogP contribution < -0.4 is 19.9 Å². The molecule has 0 spiro atoms. The molecule has 0 bridgehead atoms. The zero-order valence-electron chi connectivity index (χ0n) is 14.4. The maximum absolute atomic E-state index is 9.70. The molecule has 5 atom stereocenters. The summed E-state index contributed by atoms with van der Waals surface area (Å²) in [5.41, 5.74) is 6.72. The van der Waals surface area contributed by atoms with Crippen molar-refractivity contribution < 1.29 is 39.0 Å². The Kier molecular flexibility index (Phi) is 6.82. The minimum absolute atomic E-state index is 0.0480. The molecular formula is C16H25NO8. The molecule has 5 unspecified atom stereocenters. The Morgan fingerprint density at radius 3 is 2.24 bits per heavy atom. The molecule has 0 amide bonds. The summed E-state index contributed by atoms with van der Waals surface area (Å²) in [5.74, 6) is 0.926. The van der Waals surface area contributed by atoms with Crippen LogP contribution in [0.25, 0.3) is 0 Å². The van der Waals surface area contributed by atoms with E-state index in [4.69, 9.17) is 29.4 Å². The minimum atomic E-state index is -1.56. The molecule has 1 saturated heterocycles. The Hall–Kier alpha value is -1.62. The van der Waals surface area contributed by atoms with Gasteiger partial charge in [0.25, 0.3) is 0 Å². The first-order valence-electron chi connectivity index (χ1n) is 7.84. The third-order valence-electron chi connectivity index (χ3n) is 3.68. The molecule has 1 aliphatic rings. The fraction of sp³-hybridized carbons (Fsp3) is 0.625. The van der Waals surface area contributed by atoms with Crippen LogP contribution in [-0.2, 0) is 15.9 Å². The van der Waals surface area contributed by atoms with Crippen LogP contribution in [0.1, 0.15) is 12.5 Å². The molecule has 0 radical (unpaired) electrons. The Balaban J connectivity index is 2.25. The van der Waals surface area contributed by atoms with Crippen molar-refractivity contribution in [3.05, 3.63) is 17.7 Å². The molecular weight excluding hydrogens is 334 g/mol. The molecule has 1 heterocycles. The fourth-order valence-corrected chi connectivity index (χ4v) is 2.48. The van der Waals surface area contributed by atoms with E-state index in [1.807, 2.05) is 6.92 Å². The van der Waals surface area contributed by atoms with Gasteiger partial charge in [0.05, 0.1) is 20.8 Å². The minimum Gasteiger partial charge on any atom is -0.493 e. The van der Waals surface area contributed by atoms with E-state index in [1.54, 1.807) is 12.1 Å². The number of methoxy groups -OCH3 is 2. The SMILES string of the molecule is COc1cc(CC(C)N)cc(OC)c1OC1OC(O)C(O)C(CO)O1. The van der Waals surface area contributed by atoms with Crippen molar-refractivity contribution >= 4 is 0 Å². The van der Waals surface area contributed by atoms with Crippen molar-refractivity contribution in [2.24, 2.45) is 5.73 Å². The van der Waals surface area contributed by atoms with Gasteiger partial charge in [0, 0.05) is 6.04 Å². The predicted molar refractivity (Wildman–Crippen MR) is 86.4 cm³/mol. The second-order valence-electron chi connectivity index (χ2n) is 5.79. The van der Waals surface area contributed by atoms with Gasteiger partial charge in [-0.1, -0.05) is 0 Å². The summed E-state index contributed by atoms with van der Waals surface area (Å²) in [4.78, 5) is 0. The fourth-order valence-electron chi connectivity index (χ4n) is 2.48. The van der Waals surface area contributed by atoms with E-state index in [9.17, 15) is 15.3 Å². The van der Waals surface area contributed by atoms with E-state index in [-0.39, 0.29) is 11.8 Å². The lowest BCUT2D eigenvalue weighted by atomic mass is 10.1. The van der Waals surface area contributed by atoms with Gasteiger partial charge in [-0.3, -0.25) is 4.74 Å². The number of nitrogens with two attached hydrogens (primary N) is 1. The van der Waals surface area contributed by atoms with Crippen molar-refractivity contribution in [1.82, 2.24) is 0 Å². The summed E-state index contributed by atoms with van der Waals surface area (Å²) in [6.07, 6.45) is -3.39. The van der Waals surface area contributed by atoms with Gasteiger partial charge >= 0.3 is 6.48 Å². The monoisotopic (exact) mass is 359 g/mol. The van der Waals surface area contributed by atoms with E-state index >= 15 is 0 Å². The number of rotatable bonds is 7. The Bertz CT molecular complexity index is 542. The van der Waals surface area contributed by atoms with Crippen LogP contribution in [0.2, 0.25) is 0 Å². The largest absolute Gasteiger partial charge is 0.493 e. The lowest BCUT2D eigenvalue weighted by molar-refractivity contribution is -0.388. The molecule has 1 aromatic rings. The third kappa shape index (κ3) is 4.72. The van der Waals surface area contributed by atoms with Gasteiger partial charge in [0.15, 0.2) is 17.8 Å². The number of benzene rings is 1. The second kappa shape index (κ2) is 8.65. The summed E-state index contributed by atoms with van der Waals surface area (Å²) in [6.45, 7) is 0.00956. The number of aliphatic hydroxyl groups excluding tert-OH is 3. The molecule has 0 aromatic heterocycles. The molecule has 0 saturated carbocycles. The molecule has 9 nitrogen and oxygen atoms in total. The zero-order valence-corrected chi connectivity index (χ0v) is 14.4. The van der Waals surface area contributed by atoms with E-state index in [0.717, 1.165) is 5.56 Å². The molecule has 1 fully saturated rings. The summed E-state index contributed by atoms with van der Waals surface area (Å²) in [6, 6.07) is 3.45. The van der Waals surface area contributed by atoms with E-state index in [1.165, 1.54) is 14.2 Å². The average molecular weight is 359 g/mol. The number of ether oxygens (including phenoxy) is 5. The average Bonchev–Trinajstić information content (AvgIpc) is 2.58. The normalized spacial score (nSPS) is 27.6. The highest BCUT2D eigenvalue weighted by Crippen LogP contribution is 2.40. The summed E-state index contributed by atoms with van der Waals surface area (Å²) in [7, 11) is 2.93. The van der Waals surface area contributed by atoms with Crippen molar-refractivity contribution in [2.75, 3.05) is 20.8 Å². The molecule has 1 aromatic carbocycles. The Labute approximate surface area is 145 Å². The second-order valence-corrected chi connectivity index (χ2v) is 5.79. The summed E-state index contributed by atoms with van der Waals surface area (Å²) >= 11 is 0. The van der Waals surface area contributed by atoms with Gasteiger partial charge in [0.2, 0.25) is 5.75 Å². The van der Waals surface area contributed by atoms with Crippen LogP contribution in [0, 0.1) is 0 Å². The van der Waals surface area contributed by atoms with Gasteiger partial charge in [-0.25, -0.2) is 0 Å². The van der Waals surface area contributed by atoms with E-state index in [0.29, 0.717) is 17.9 Å². The topological polar surface area (TPSA) is 133 Å². The molecule has 9 heteroatoms. The molecule has 1 aliphatic heterocycles. The standard InChI is InChI=1S/C16H25NO8/c1-8(17)4-9-5-10(21-2)14(11(6-9)22-3)24-16-23-12(7-18)13(19)15(20)25-16/h5-6,8,12-13,15-16,18-20H,4,7,17H2,1-3H3. The van der Waals surface area contributed by atoms with Crippen LogP contribution in [0.15, 0.2) is 12.1 Å². The highest BCUT2D eigenvalue weighted by atomic mass is 16.9. The van der Waals surface area contributed by atoms with Crippen LogP contribution >= 0.6 is 0 Å². The maximum Gasteiger partial charge on any atom is 0.318 e. The van der Waals surface area contributed by atoms with Gasteiger partial charge in [0.1, 0.15) is 12.2 Å². The summed E-state index contributed by atoms with van der Waals surface area (Å²) in [5, 5.41) is 28.6. The van der Waals surface area contributed by atoms with Gasteiger partial charge in [-0.15, -0.1) is 0 Å². The van der Waals surface area contributed by atoms with E-state index in [2.05, 4.69) is 0 Å². The first-order valence-corrected chi connectivity index (χ1v) is 7.84. The quantitative estimate of drug-likeness (QED) is 0.501. The van der Waals surface area contributed by atoms with Gasteiger partial charge in [-0.2, -0.15) is 0 Å². The van der Waals surface area contributed by atoms with Gasteiger partial charge in [-0.05, 0) is 31.0 Å². The van der Waals surface area contributed by atoms with Gasteiger partial charge < -0.3 is 40.0 Å². The molecule has 2 rings (SSSR count). The highest BCUT2D eigenvalue weighted by Gasteiger charge is 2.39. The van der Waals surface area contributed by atoms with Crippen molar-refractivity contribution in [3.63, 3.8) is 0 Å². The van der Waals surface area contributed by atoms with E-state index < -0.39 is 31.6 Å². The van der Waals surface area contributed by atoms with Crippen molar-refractivity contribution in [2.45, 2.75) is 44.4 Å².